The minimum Gasteiger partial charge on any atom is -0.460 e. The molecule has 60 valence electrons. The van der Waals surface area contributed by atoms with Gasteiger partial charge in [0.15, 0.2) is 0 Å². The Kier molecular flexibility index (Phi) is 4.03. The number of rotatable bonds is 3. The summed E-state index contributed by atoms with van der Waals surface area (Å²) in [6.07, 6.45) is -0.350. The summed E-state index contributed by atoms with van der Waals surface area (Å²) in [6, 6.07) is 0. The number of esters is 1. The SMILES string of the molecule is CC(=O)OC(CO)C(C)C. The zero-order valence-corrected chi connectivity index (χ0v) is 6.63. The van der Waals surface area contributed by atoms with E-state index in [4.69, 9.17) is 9.84 Å². The topological polar surface area (TPSA) is 46.5 Å². The van der Waals surface area contributed by atoms with Gasteiger partial charge in [-0.3, -0.25) is 4.79 Å². The summed E-state index contributed by atoms with van der Waals surface area (Å²) in [5.41, 5.74) is 0. The van der Waals surface area contributed by atoms with Gasteiger partial charge in [-0.15, -0.1) is 0 Å². The highest BCUT2D eigenvalue weighted by Crippen LogP contribution is 2.05. The first-order valence-corrected chi connectivity index (χ1v) is 3.36. The van der Waals surface area contributed by atoms with Crippen LogP contribution in [0.1, 0.15) is 20.8 Å². The molecule has 0 saturated heterocycles. The highest BCUT2D eigenvalue weighted by atomic mass is 16.5. The van der Waals surface area contributed by atoms with E-state index in [1.165, 1.54) is 6.92 Å². The Morgan fingerprint density at radius 3 is 2.20 bits per heavy atom. The molecule has 0 aromatic heterocycles. The fourth-order valence-corrected chi connectivity index (χ4v) is 0.597. The first-order valence-electron chi connectivity index (χ1n) is 3.36. The van der Waals surface area contributed by atoms with Gasteiger partial charge in [-0.25, -0.2) is 0 Å². The van der Waals surface area contributed by atoms with Crippen LogP contribution in [0, 0.1) is 5.92 Å². The first-order chi connectivity index (χ1) is 4.57. The quantitative estimate of drug-likeness (QED) is 0.592. The van der Waals surface area contributed by atoms with E-state index in [1.807, 2.05) is 13.8 Å². The van der Waals surface area contributed by atoms with Crippen molar-refractivity contribution >= 4 is 5.97 Å². The number of carbonyl (C=O) groups excluding carboxylic acids is 1. The van der Waals surface area contributed by atoms with Crippen molar-refractivity contribution in [3.05, 3.63) is 0 Å². The van der Waals surface area contributed by atoms with Crippen molar-refractivity contribution in [1.29, 1.82) is 0 Å². The molecule has 0 bridgehead atoms. The lowest BCUT2D eigenvalue weighted by molar-refractivity contribution is -0.150. The third kappa shape index (κ3) is 3.45. The molecule has 0 aliphatic rings. The highest BCUT2D eigenvalue weighted by Gasteiger charge is 2.14. The van der Waals surface area contributed by atoms with Gasteiger partial charge in [-0.1, -0.05) is 13.8 Å². The van der Waals surface area contributed by atoms with E-state index in [0.717, 1.165) is 0 Å². The second kappa shape index (κ2) is 4.28. The zero-order valence-electron chi connectivity index (χ0n) is 6.63. The standard InChI is InChI=1S/C7H14O3/c1-5(2)7(4-8)10-6(3)9/h5,7-8H,4H2,1-3H3. The maximum Gasteiger partial charge on any atom is 0.302 e. The highest BCUT2D eigenvalue weighted by molar-refractivity contribution is 5.66. The fraction of sp³-hybridized carbons (Fsp3) is 0.857. The number of hydrogen-bond acceptors (Lipinski definition) is 3. The van der Waals surface area contributed by atoms with Crippen LogP contribution in [-0.4, -0.2) is 23.8 Å². The smallest absolute Gasteiger partial charge is 0.302 e. The molecule has 0 spiro atoms. The minimum absolute atomic E-state index is 0.1000. The summed E-state index contributed by atoms with van der Waals surface area (Å²) < 4.78 is 4.77. The van der Waals surface area contributed by atoms with Crippen molar-refractivity contribution in [2.45, 2.75) is 26.9 Å². The third-order valence-corrected chi connectivity index (χ3v) is 1.24. The van der Waals surface area contributed by atoms with Crippen LogP contribution < -0.4 is 0 Å². The molecule has 1 atom stereocenters. The van der Waals surface area contributed by atoms with Gasteiger partial charge in [0.2, 0.25) is 0 Å². The van der Waals surface area contributed by atoms with Gasteiger partial charge in [0.25, 0.3) is 0 Å². The lowest BCUT2D eigenvalue weighted by atomic mass is 10.1. The number of aliphatic hydroxyl groups excluding tert-OH is 1. The van der Waals surface area contributed by atoms with E-state index >= 15 is 0 Å². The summed E-state index contributed by atoms with van der Waals surface area (Å²) in [4.78, 5) is 10.4. The molecule has 0 heterocycles. The van der Waals surface area contributed by atoms with E-state index in [1.54, 1.807) is 0 Å². The van der Waals surface area contributed by atoms with Gasteiger partial charge in [-0.2, -0.15) is 0 Å². The van der Waals surface area contributed by atoms with Crippen LogP contribution in [0.5, 0.6) is 0 Å². The normalized spacial score (nSPS) is 13.3. The molecule has 0 aliphatic heterocycles. The zero-order chi connectivity index (χ0) is 8.15. The Labute approximate surface area is 61.0 Å². The summed E-state index contributed by atoms with van der Waals surface area (Å²) in [6.45, 7) is 5.02. The molecule has 3 nitrogen and oxygen atoms in total. The van der Waals surface area contributed by atoms with Crippen LogP contribution in [0.4, 0.5) is 0 Å². The van der Waals surface area contributed by atoms with E-state index in [-0.39, 0.29) is 24.6 Å². The monoisotopic (exact) mass is 146 g/mol. The maximum atomic E-state index is 10.4. The predicted molar refractivity (Wildman–Crippen MR) is 37.5 cm³/mol. The largest absolute Gasteiger partial charge is 0.460 e. The predicted octanol–water partition coefficient (Wildman–Crippen LogP) is 0.566. The molecular formula is C7H14O3. The van der Waals surface area contributed by atoms with E-state index in [9.17, 15) is 4.79 Å². The maximum absolute atomic E-state index is 10.4. The van der Waals surface area contributed by atoms with Gasteiger partial charge >= 0.3 is 5.97 Å². The van der Waals surface area contributed by atoms with Gasteiger partial charge in [0, 0.05) is 6.92 Å². The average Bonchev–Trinajstić information content (AvgIpc) is 1.81. The van der Waals surface area contributed by atoms with Gasteiger partial charge in [0.05, 0.1) is 6.61 Å². The molecule has 3 heteroatoms. The van der Waals surface area contributed by atoms with Crippen LogP contribution in [0.2, 0.25) is 0 Å². The summed E-state index contributed by atoms with van der Waals surface area (Å²) >= 11 is 0. The molecule has 0 rings (SSSR count). The van der Waals surface area contributed by atoms with Gasteiger partial charge < -0.3 is 9.84 Å². The number of hydrogen-bond donors (Lipinski definition) is 1. The molecule has 10 heavy (non-hydrogen) atoms. The van der Waals surface area contributed by atoms with Gasteiger partial charge in [0.1, 0.15) is 6.10 Å². The van der Waals surface area contributed by atoms with Crippen LogP contribution in [0.25, 0.3) is 0 Å². The molecule has 0 radical (unpaired) electrons. The molecule has 0 aliphatic carbocycles. The minimum atomic E-state index is -0.350. The Bertz CT molecular complexity index is 109. The Hall–Kier alpha value is -0.570. The van der Waals surface area contributed by atoms with Crippen molar-refractivity contribution in [2.75, 3.05) is 6.61 Å². The number of carbonyl (C=O) groups is 1. The van der Waals surface area contributed by atoms with Gasteiger partial charge in [-0.05, 0) is 5.92 Å². The van der Waals surface area contributed by atoms with Crippen molar-refractivity contribution in [1.82, 2.24) is 0 Å². The summed E-state index contributed by atoms with van der Waals surface area (Å²) in [5.74, 6) is -0.165. The molecule has 0 saturated carbocycles. The molecule has 0 fully saturated rings. The second-order valence-electron chi connectivity index (χ2n) is 2.57. The first kappa shape index (κ1) is 9.43. The Balaban J connectivity index is 3.71. The molecule has 0 aromatic carbocycles. The Morgan fingerprint density at radius 1 is 1.60 bits per heavy atom. The van der Waals surface area contributed by atoms with E-state index in [2.05, 4.69) is 0 Å². The fourth-order valence-electron chi connectivity index (χ4n) is 0.597. The number of aliphatic hydroxyl groups is 1. The number of ether oxygens (including phenoxy) is 1. The van der Waals surface area contributed by atoms with Crippen molar-refractivity contribution in [2.24, 2.45) is 5.92 Å². The van der Waals surface area contributed by atoms with Crippen molar-refractivity contribution in [3.63, 3.8) is 0 Å². The van der Waals surface area contributed by atoms with Crippen molar-refractivity contribution in [3.8, 4) is 0 Å². The summed E-state index contributed by atoms with van der Waals surface area (Å²) in [7, 11) is 0. The molecule has 0 aromatic rings. The van der Waals surface area contributed by atoms with Crippen LogP contribution >= 0.6 is 0 Å². The average molecular weight is 146 g/mol. The third-order valence-electron chi connectivity index (χ3n) is 1.24. The lowest BCUT2D eigenvalue weighted by Crippen LogP contribution is -2.25. The molecule has 1 unspecified atom stereocenters. The molecule has 1 N–H and O–H groups in total. The van der Waals surface area contributed by atoms with Crippen molar-refractivity contribution < 1.29 is 14.6 Å². The van der Waals surface area contributed by atoms with Crippen LogP contribution in [0.3, 0.4) is 0 Å². The van der Waals surface area contributed by atoms with E-state index < -0.39 is 0 Å². The molecule has 0 amide bonds. The second-order valence-corrected chi connectivity index (χ2v) is 2.57. The van der Waals surface area contributed by atoms with Crippen LogP contribution in [0.15, 0.2) is 0 Å². The van der Waals surface area contributed by atoms with Crippen LogP contribution in [-0.2, 0) is 9.53 Å². The molecular weight excluding hydrogens is 132 g/mol. The summed E-state index contributed by atoms with van der Waals surface area (Å²) in [5, 5.41) is 8.67. The van der Waals surface area contributed by atoms with E-state index in [0.29, 0.717) is 0 Å². The Morgan fingerprint density at radius 2 is 2.10 bits per heavy atom. The lowest BCUT2D eigenvalue weighted by Gasteiger charge is -2.17.